The first-order chi connectivity index (χ1) is 10.2. The number of hydrogen-bond donors (Lipinski definition) is 1. The highest BCUT2D eigenvalue weighted by Crippen LogP contribution is 2.42. The molecule has 0 amide bonds. The van der Waals surface area contributed by atoms with Gasteiger partial charge < -0.3 is 5.11 Å². The normalized spacial score (nSPS) is 13.3. The summed E-state index contributed by atoms with van der Waals surface area (Å²) >= 11 is 0. The molecule has 0 aliphatic heterocycles. The van der Waals surface area contributed by atoms with Crippen molar-refractivity contribution < 1.29 is 9.90 Å². The Morgan fingerprint density at radius 1 is 0.826 bits per heavy atom. The van der Waals surface area contributed by atoms with Crippen LogP contribution in [0.2, 0.25) is 0 Å². The predicted octanol–water partition coefficient (Wildman–Crippen LogP) is 5.60. The van der Waals surface area contributed by atoms with Gasteiger partial charge in [-0.2, -0.15) is 0 Å². The Morgan fingerprint density at radius 2 is 1.30 bits per heavy atom. The van der Waals surface area contributed by atoms with Crippen LogP contribution in [0.15, 0.2) is 12.1 Å². The molecule has 1 aromatic carbocycles. The second kappa shape index (κ2) is 6.30. The van der Waals surface area contributed by atoms with Crippen LogP contribution in [0.3, 0.4) is 0 Å². The lowest BCUT2D eigenvalue weighted by atomic mass is 9.67. The second-order valence-corrected chi connectivity index (χ2v) is 9.67. The van der Waals surface area contributed by atoms with Crippen LogP contribution in [-0.2, 0) is 27.5 Å². The maximum absolute atomic E-state index is 11.0. The van der Waals surface area contributed by atoms with Gasteiger partial charge in [-0.15, -0.1) is 0 Å². The third-order valence-corrected chi connectivity index (χ3v) is 4.21. The SMILES string of the molecule is CC(C)(C)c1ccc(CCC(=O)O)c(C(C)(C)C)c1C(C)(C)C. The number of benzene rings is 1. The lowest BCUT2D eigenvalue weighted by molar-refractivity contribution is -0.136. The summed E-state index contributed by atoms with van der Waals surface area (Å²) < 4.78 is 0. The summed E-state index contributed by atoms with van der Waals surface area (Å²) in [6.07, 6.45) is 0.775. The molecule has 0 spiro atoms. The Labute approximate surface area is 142 Å². The van der Waals surface area contributed by atoms with Crippen LogP contribution in [0.1, 0.15) is 91.0 Å². The fraction of sp³-hybridized carbons (Fsp3) is 0.667. The monoisotopic (exact) mass is 318 g/mol. The van der Waals surface area contributed by atoms with Crippen LogP contribution in [-0.4, -0.2) is 11.1 Å². The first-order valence-electron chi connectivity index (χ1n) is 8.55. The van der Waals surface area contributed by atoms with Gasteiger partial charge in [0.1, 0.15) is 0 Å². The van der Waals surface area contributed by atoms with Gasteiger partial charge in [-0.25, -0.2) is 0 Å². The second-order valence-electron chi connectivity index (χ2n) is 9.67. The van der Waals surface area contributed by atoms with Gasteiger partial charge in [-0.3, -0.25) is 4.79 Å². The van der Waals surface area contributed by atoms with Gasteiger partial charge in [-0.1, -0.05) is 74.4 Å². The quantitative estimate of drug-likeness (QED) is 0.788. The van der Waals surface area contributed by atoms with Crippen LogP contribution in [0.4, 0.5) is 0 Å². The van der Waals surface area contributed by atoms with E-state index in [0.29, 0.717) is 6.42 Å². The summed E-state index contributed by atoms with van der Waals surface area (Å²) in [5.74, 6) is -0.734. The first kappa shape index (κ1) is 19.7. The lowest BCUT2D eigenvalue weighted by Gasteiger charge is -2.38. The standard InChI is InChI=1S/C21H34O2/c1-19(2,3)15-12-10-14(11-13-16(22)23)17(20(4,5)6)18(15)21(7,8)9/h10,12H,11,13H2,1-9H3,(H,22,23). The number of carboxylic acids is 1. The van der Waals surface area contributed by atoms with Crippen LogP contribution < -0.4 is 0 Å². The third-order valence-electron chi connectivity index (χ3n) is 4.21. The van der Waals surface area contributed by atoms with Crippen molar-refractivity contribution in [2.24, 2.45) is 0 Å². The maximum Gasteiger partial charge on any atom is 0.303 e. The number of carbonyl (C=O) groups is 1. The molecule has 1 rings (SSSR count). The molecule has 0 heterocycles. The van der Waals surface area contributed by atoms with E-state index in [2.05, 4.69) is 74.4 Å². The van der Waals surface area contributed by atoms with Crippen molar-refractivity contribution in [1.29, 1.82) is 0 Å². The predicted molar refractivity (Wildman–Crippen MR) is 98.5 cm³/mol. The Bertz CT molecular complexity index is 576. The molecular weight excluding hydrogens is 284 g/mol. The smallest absolute Gasteiger partial charge is 0.303 e. The molecule has 2 heteroatoms. The van der Waals surface area contributed by atoms with Crippen LogP contribution >= 0.6 is 0 Å². The van der Waals surface area contributed by atoms with E-state index in [1.54, 1.807) is 0 Å². The van der Waals surface area contributed by atoms with Crippen LogP contribution in [0, 0.1) is 0 Å². The van der Waals surface area contributed by atoms with E-state index in [-0.39, 0.29) is 22.7 Å². The Hall–Kier alpha value is -1.31. The van der Waals surface area contributed by atoms with Gasteiger partial charge in [0.05, 0.1) is 0 Å². The average molecular weight is 319 g/mol. The molecule has 0 aromatic heterocycles. The molecule has 1 N–H and O–H groups in total. The number of aliphatic carboxylic acids is 1. The van der Waals surface area contributed by atoms with E-state index in [0.717, 1.165) is 0 Å². The zero-order valence-electron chi connectivity index (χ0n) is 16.4. The molecule has 130 valence electrons. The minimum absolute atomic E-state index is 0.0162. The third kappa shape index (κ3) is 4.83. The van der Waals surface area contributed by atoms with Crippen molar-refractivity contribution in [3.05, 3.63) is 34.4 Å². The van der Waals surface area contributed by atoms with Gasteiger partial charge in [0.25, 0.3) is 0 Å². The average Bonchev–Trinajstić information content (AvgIpc) is 2.31. The Kier molecular flexibility index (Phi) is 5.40. The molecule has 0 saturated heterocycles. The minimum Gasteiger partial charge on any atom is -0.481 e. The minimum atomic E-state index is -0.734. The summed E-state index contributed by atoms with van der Waals surface area (Å²) in [7, 11) is 0. The summed E-state index contributed by atoms with van der Waals surface area (Å²) in [6, 6.07) is 4.37. The van der Waals surface area contributed by atoms with Crippen molar-refractivity contribution in [3.8, 4) is 0 Å². The molecule has 0 saturated carbocycles. The summed E-state index contributed by atoms with van der Waals surface area (Å²) in [5, 5.41) is 9.08. The summed E-state index contributed by atoms with van der Waals surface area (Å²) in [5.41, 5.74) is 5.33. The number of hydrogen-bond acceptors (Lipinski definition) is 1. The fourth-order valence-corrected chi connectivity index (χ4v) is 3.36. The first-order valence-corrected chi connectivity index (χ1v) is 8.55. The largest absolute Gasteiger partial charge is 0.481 e. The van der Waals surface area contributed by atoms with Crippen molar-refractivity contribution >= 4 is 5.97 Å². The molecular formula is C21H34O2. The van der Waals surface area contributed by atoms with Crippen molar-refractivity contribution in [3.63, 3.8) is 0 Å². The van der Waals surface area contributed by atoms with Gasteiger partial charge in [-0.05, 0) is 44.9 Å². The maximum atomic E-state index is 11.0. The number of aryl methyl sites for hydroxylation is 1. The van der Waals surface area contributed by atoms with Crippen LogP contribution in [0.5, 0.6) is 0 Å². The van der Waals surface area contributed by atoms with Crippen molar-refractivity contribution in [2.45, 2.75) is 91.4 Å². The van der Waals surface area contributed by atoms with Crippen molar-refractivity contribution in [1.82, 2.24) is 0 Å². The van der Waals surface area contributed by atoms with E-state index in [1.165, 1.54) is 22.3 Å². The zero-order chi connectivity index (χ0) is 18.2. The highest BCUT2D eigenvalue weighted by Gasteiger charge is 2.33. The molecule has 0 unspecified atom stereocenters. The molecule has 23 heavy (non-hydrogen) atoms. The van der Waals surface area contributed by atoms with E-state index < -0.39 is 5.97 Å². The van der Waals surface area contributed by atoms with Gasteiger partial charge >= 0.3 is 5.97 Å². The summed E-state index contributed by atoms with van der Waals surface area (Å²) in [6.45, 7) is 20.2. The molecule has 0 bridgehead atoms. The van der Waals surface area contributed by atoms with Crippen LogP contribution in [0.25, 0.3) is 0 Å². The highest BCUT2D eigenvalue weighted by atomic mass is 16.4. The van der Waals surface area contributed by atoms with E-state index in [4.69, 9.17) is 5.11 Å². The number of rotatable bonds is 3. The fourth-order valence-electron chi connectivity index (χ4n) is 3.36. The van der Waals surface area contributed by atoms with E-state index in [9.17, 15) is 4.79 Å². The topological polar surface area (TPSA) is 37.3 Å². The lowest BCUT2D eigenvalue weighted by Crippen LogP contribution is -2.29. The summed E-state index contributed by atoms with van der Waals surface area (Å²) in [4.78, 5) is 11.0. The molecule has 0 atom stereocenters. The Balaban J connectivity index is 3.75. The molecule has 0 aliphatic rings. The highest BCUT2D eigenvalue weighted by molar-refractivity contribution is 5.67. The Morgan fingerprint density at radius 3 is 1.65 bits per heavy atom. The molecule has 0 aliphatic carbocycles. The van der Waals surface area contributed by atoms with Gasteiger partial charge in [0, 0.05) is 6.42 Å². The van der Waals surface area contributed by atoms with E-state index >= 15 is 0 Å². The number of carboxylic acid groups (broad SMARTS) is 1. The molecule has 2 nitrogen and oxygen atoms in total. The molecule has 1 aromatic rings. The zero-order valence-corrected chi connectivity index (χ0v) is 16.4. The van der Waals surface area contributed by atoms with Gasteiger partial charge in [0.2, 0.25) is 0 Å². The molecule has 0 fully saturated rings. The van der Waals surface area contributed by atoms with Gasteiger partial charge in [0.15, 0.2) is 0 Å². The molecule has 0 radical (unpaired) electrons. The van der Waals surface area contributed by atoms with Crippen molar-refractivity contribution in [2.75, 3.05) is 0 Å². The van der Waals surface area contributed by atoms with E-state index in [1.807, 2.05) is 0 Å².